The quantitative estimate of drug-likeness (QED) is 0.883. The molecule has 0 bridgehead atoms. The first kappa shape index (κ1) is 13.2. The molecule has 0 saturated carbocycles. The highest BCUT2D eigenvalue weighted by Crippen LogP contribution is 2.30. The molecule has 0 amide bonds. The van der Waals surface area contributed by atoms with Gasteiger partial charge in [0, 0.05) is 17.3 Å². The molecular weight excluding hydrogens is 240 g/mol. The fourth-order valence-corrected chi connectivity index (χ4v) is 3.11. The number of nitrogens with zero attached hydrogens (tertiary/aromatic N) is 1. The van der Waals surface area contributed by atoms with Crippen LogP contribution >= 0.6 is 11.3 Å². The molecule has 0 aliphatic rings. The number of nitrogens with one attached hydrogen (secondary N) is 1. The Labute approximate surface area is 113 Å². The number of thiophene rings is 1. The van der Waals surface area contributed by atoms with Crippen LogP contribution < -0.4 is 5.32 Å². The predicted molar refractivity (Wildman–Crippen MR) is 78.2 cm³/mol. The van der Waals surface area contributed by atoms with Gasteiger partial charge in [0.25, 0.3) is 0 Å². The molecule has 0 radical (unpaired) electrons. The summed E-state index contributed by atoms with van der Waals surface area (Å²) in [5.74, 6) is 0. The summed E-state index contributed by atoms with van der Waals surface area (Å²) in [6, 6.07) is 4.55. The molecule has 3 heteroatoms. The number of aryl methyl sites for hydroxylation is 2. The van der Waals surface area contributed by atoms with Crippen molar-refractivity contribution in [1.82, 2.24) is 10.3 Å². The van der Waals surface area contributed by atoms with Crippen molar-refractivity contribution in [3.05, 3.63) is 51.5 Å². The Bertz CT molecular complexity index is 505. The van der Waals surface area contributed by atoms with Crippen LogP contribution in [0.5, 0.6) is 0 Å². The molecule has 0 fully saturated rings. The third kappa shape index (κ3) is 2.79. The zero-order valence-electron chi connectivity index (χ0n) is 11.2. The fraction of sp³-hybridized carbons (Fsp3) is 0.400. The van der Waals surface area contributed by atoms with E-state index in [4.69, 9.17) is 0 Å². The number of aromatic nitrogens is 1. The normalized spacial score (nSPS) is 12.6. The van der Waals surface area contributed by atoms with E-state index in [2.05, 4.69) is 48.6 Å². The number of pyridine rings is 1. The van der Waals surface area contributed by atoms with E-state index in [-0.39, 0.29) is 6.04 Å². The minimum atomic E-state index is 0.277. The summed E-state index contributed by atoms with van der Waals surface area (Å²) < 4.78 is 0. The van der Waals surface area contributed by atoms with Gasteiger partial charge in [-0.2, -0.15) is 0 Å². The maximum atomic E-state index is 4.28. The van der Waals surface area contributed by atoms with E-state index in [9.17, 15) is 0 Å². The average Bonchev–Trinajstić information content (AvgIpc) is 2.78. The predicted octanol–water partition coefficient (Wildman–Crippen LogP) is 3.85. The fourth-order valence-electron chi connectivity index (χ4n) is 2.09. The lowest BCUT2D eigenvalue weighted by molar-refractivity contribution is 0.600. The first-order valence-electron chi connectivity index (χ1n) is 6.42. The van der Waals surface area contributed by atoms with Crippen LogP contribution in [0.1, 0.15) is 41.0 Å². The molecule has 2 aromatic heterocycles. The van der Waals surface area contributed by atoms with Gasteiger partial charge >= 0.3 is 0 Å². The highest BCUT2D eigenvalue weighted by Gasteiger charge is 2.18. The lowest BCUT2D eigenvalue weighted by atomic mass is 10.0. The summed E-state index contributed by atoms with van der Waals surface area (Å²) in [4.78, 5) is 5.68. The summed E-state index contributed by atoms with van der Waals surface area (Å²) >= 11 is 1.82. The second kappa shape index (κ2) is 6.12. The Balaban J connectivity index is 2.37. The van der Waals surface area contributed by atoms with Crippen molar-refractivity contribution >= 4 is 11.3 Å². The van der Waals surface area contributed by atoms with Gasteiger partial charge in [-0.1, -0.05) is 6.92 Å². The van der Waals surface area contributed by atoms with E-state index in [0.29, 0.717) is 0 Å². The van der Waals surface area contributed by atoms with Gasteiger partial charge in [0.15, 0.2) is 0 Å². The Morgan fingerprint density at radius 2 is 2.11 bits per heavy atom. The standard InChI is InChI=1S/C15H20N2S/c1-4-7-17-14(15-12(3)6-9-18-15)13-10-16-8-5-11(13)2/h5-6,8-10,14,17H,4,7H2,1-3H3. The van der Waals surface area contributed by atoms with Crippen LogP contribution in [0.2, 0.25) is 0 Å². The maximum Gasteiger partial charge on any atom is 0.0691 e. The minimum Gasteiger partial charge on any atom is -0.306 e. The molecule has 2 heterocycles. The highest BCUT2D eigenvalue weighted by atomic mass is 32.1. The molecule has 2 rings (SSSR count). The van der Waals surface area contributed by atoms with E-state index in [1.807, 2.05) is 23.7 Å². The Morgan fingerprint density at radius 3 is 2.72 bits per heavy atom. The number of rotatable bonds is 5. The number of hydrogen-bond acceptors (Lipinski definition) is 3. The third-order valence-electron chi connectivity index (χ3n) is 3.15. The molecule has 0 saturated heterocycles. The van der Waals surface area contributed by atoms with E-state index in [1.165, 1.54) is 21.6 Å². The van der Waals surface area contributed by atoms with Gasteiger partial charge in [-0.3, -0.25) is 4.98 Å². The molecule has 2 aromatic rings. The molecule has 0 aliphatic carbocycles. The molecule has 1 atom stereocenters. The molecule has 1 unspecified atom stereocenters. The van der Waals surface area contributed by atoms with Gasteiger partial charge in [0.2, 0.25) is 0 Å². The van der Waals surface area contributed by atoms with Crippen LogP contribution in [-0.4, -0.2) is 11.5 Å². The van der Waals surface area contributed by atoms with Gasteiger partial charge in [-0.05, 0) is 61.0 Å². The highest BCUT2D eigenvalue weighted by molar-refractivity contribution is 7.10. The third-order valence-corrected chi connectivity index (χ3v) is 4.24. The van der Waals surface area contributed by atoms with Crippen molar-refractivity contribution in [2.24, 2.45) is 0 Å². The topological polar surface area (TPSA) is 24.9 Å². The molecular formula is C15H20N2S. The van der Waals surface area contributed by atoms with Crippen molar-refractivity contribution < 1.29 is 0 Å². The van der Waals surface area contributed by atoms with Gasteiger partial charge in [0.05, 0.1) is 6.04 Å². The first-order valence-corrected chi connectivity index (χ1v) is 7.30. The summed E-state index contributed by atoms with van der Waals surface area (Å²) in [5, 5.41) is 5.80. The zero-order chi connectivity index (χ0) is 13.0. The molecule has 0 aliphatic heterocycles. The van der Waals surface area contributed by atoms with Crippen LogP contribution in [0.15, 0.2) is 29.9 Å². The molecule has 2 nitrogen and oxygen atoms in total. The molecule has 96 valence electrons. The van der Waals surface area contributed by atoms with Gasteiger partial charge in [0.1, 0.15) is 0 Å². The molecule has 0 spiro atoms. The summed E-state index contributed by atoms with van der Waals surface area (Å²) in [5.41, 5.74) is 3.94. The lowest BCUT2D eigenvalue weighted by Gasteiger charge is -2.20. The molecule has 1 N–H and O–H groups in total. The monoisotopic (exact) mass is 260 g/mol. The van der Waals surface area contributed by atoms with Crippen molar-refractivity contribution in [2.75, 3.05) is 6.54 Å². The largest absolute Gasteiger partial charge is 0.306 e. The second-order valence-corrected chi connectivity index (χ2v) is 5.53. The molecule has 18 heavy (non-hydrogen) atoms. The SMILES string of the molecule is CCCNC(c1cnccc1C)c1sccc1C. The van der Waals surface area contributed by atoms with Crippen molar-refractivity contribution in [3.8, 4) is 0 Å². The van der Waals surface area contributed by atoms with Crippen LogP contribution in [0.4, 0.5) is 0 Å². The van der Waals surface area contributed by atoms with Gasteiger partial charge < -0.3 is 5.32 Å². The van der Waals surface area contributed by atoms with Crippen LogP contribution in [0.25, 0.3) is 0 Å². The van der Waals surface area contributed by atoms with Crippen LogP contribution in [-0.2, 0) is 0 Å². The van der Waals surface area contributed by atoms with E-state index in [1.54, 1.807) is 0 Å². The van der Waals surface area contributed by atoms with Gasteiger partial charge in [-0.15, -0.1) is 11.3 Å². The van der Waals surface area contributed by atoms with E-state index < -0.39 is 0 Å². The Morgan fingerprint density at radius 1 is 1.28 bits per heavy atom. The van der Waals surface area contributed by atoms with Crippen molar-refractivity contribution in [2.45, 2.75) is 33.2 Å². The lowest BCUT2D eigenvalue weighted by Crippen LogP contribution is -2.23. The van der Waals surface area contributed by atoms with Crippen molar-refractivity contribution in [3.63, 3.8) is 0 Å². The molecule has 0 aromatic carbocycles. The number of hydrogen-bond donors (Lipinski definition) is 1. The minimum absolute atomic E-state index is 0.277. The van der Waals surface area contributed by atoms with E-state index in [0.717, 1.165) is 13.0 Å². The smallest absolute Gasteiger partial charge is 0.0691 e. The summed E-state index contributed by atoms with van der Waals surface area (Å²) in [6.45, 7) is 7.55. The Hall–Kier alpha value is -1.19. The van der Waals surface area contributed by atoms with E-state index >= 15 is 0 Å². The zero-order valence-corrected chi connectivity index (χ0v) is 12.1. The van der Waals surface area contributed by atoms with Crippen LogP contribution in [0, 0.1) is 13.8 Å². The second-order valence-electron chi connectivity index (χ2n) is 4.59. The first-order chi connectivity index (χ1) is 8.74. The summed E-state index contributed by atoms with van der Waals surface area (Å²) in [6.07, 6.45) is 4.99. The van der Waals surface area contributed by atoms with Crippen LogP contribution in [0.3, 0.4) is 0 Å². The van der Waals surface area contributed by atoms with Gasteiger partial charge in [-0.25, -0.2) is 0 Å². The van der Waals surface area contributed by atoms with Crippen molar-refractivity contribution in [1.29, 1.82) is 0 Å². The maximum absolute atomic E-state index is 4.28. The Kier molecular flexibility index (Phi) is 4.50. The average molecular weight is 260 g/mol. The summed E-state index contributed by atoms with van der Waals surface area (Å²) in [7, 11) is 0.